The molecular weight excluding hydrogens is 449 g/mol. The maximum atomic E-state index is 12.3. The van der Waals surface area contributed by atoms with Crippen molar-refractivity contribution in [3.05, 3.63) is 48.0 Å². The first-order valence-corrected chi connectivity index (χ1v) is 14.5. The van der Waals surface area contributed by atoms with Gasteiger partial charge in [-0.2, -0.15) is 0 Å². The highest BCUT2D eigenvalue weighted by Gasteiger charge is 2.14. The van der Waals surface area contributed by atoms with Gasteiger partial charge in [0.15, 0.2) is 0 Å². The van der Waals surface area contributed by atoms with Gasteiger partial charge in [-0.15, -0.1) is 0 Å². The number of hydrogen-bond donors (Lipinski definition) is 1. The van der Waals surface area contributed by atoms with E-state index >= 15 is 0 Å². The monoisotopic (exact) mass is 493 g/mol. The molecule has 1 rings (SSSR count). The molecule has 0 aliphatic heterocycles. The van der Waals surface area contributed by atoms with Crippen LogP contribution in [0, 0.1) is 0 Å². The average Bonchev–Trinajstić information content (AvgIpc) is 2.80. The molecule has 194 valence electrons. The maximum Gasteiger partial charge on any atom is 0.220 e. The number of phosphoric acid groups is 1. The van der Waals surface area contributed by atoms with E-state index in [1.165, 1.54) is 51.4 Å². The van der Waals surface area contributed by atoms with E-state index < -0.39 is 13.9 Å². The second-order valence-electron chi connectivity index (χ2n) is 9.03. The first kappa shape index (κ1) is 30.6. The van der Waals surface area contributed by atoms with Crippen molar-refractivity contribution < 1.29 is 23.7 Å². The standard InChI is InChI=1S/C27H46NO5P/c1-2-3-4-5-6-7-8-9-10-11-12-13-14-15-19-22-27(29)28-26(24-33-34(30,31)32)23-25-20-17-16-18-21-25/h9-10,16-18,20-21,26H,2-8,11-15,19,22-24H2,1H3,(H,28,29)(H2,30,31,32)/p-2/b10-9-/t26-/m1/s1. The molecule has 0 unspecified atom stereocenters. The summed E-state index contributed by atoms with van der Waals surface area (Å²) in [5.74, 6) is -0.145. The second kappa shape index (κ2) is 19.8. The molecule has 0 saturated heterocycles. The van der Waals surface area contributed by atoms with Gasteiger partial charge in [-0.3, -0.25) is 4.79 Å². The summed E-state index contributed by atoms with van der Waals surface area (Å²) in [6.45, 7) is 1.90. The fourth-order valence-electron chi connectivity index (χ4n) is 3.89. The van der Waals surface area contributed by atoms with Crippen LogP contribution in [0.5, 0.6) is 0 Å². The third kappa shape index (κ3) is 18.9. The van der Waals surface area contributed by atoms with Crippen molar-refractivity contribution >= 4 is 13.7 Å². The molecule has 0 saturated carbocycles. The van der Waals surface area contributed by atoms with E-state index in [9.17, 15) is 19.1 Å². The number of carbonyl (C=O) groups excluding carboxylic acids is 1. The molecule has 0 aliphatic rings. The zero-order chi connectivity index (χ0) is 24.9. The Kier molecular flexibility index (Phi) is 17.8. The molecular formula is C27H44NO5P-2. The first-order valence-electron chi connectivity index (χ1n) is 13.1. The smallest absolute Gasteiger partial charge is 0.220 e. The fourth-order valence-corrected chi connectivity index (χ4v) is 4.25. The van der Waals surface area contributed by atoms with Crippen LogP contribution in [0.3, 0.4) is 0 Å². The summed E-state index contributed by atoms with van der Waals surface area (Å²) in [5.41, 5.74) is 0.934. The van der Waals surface area contributed by atoms with E-state index in [0.717, 1.165) is 37.7 Å². The Morgan fingerprint density at radius 1 is 0.912 bits per heavy atom. The van der Waals surface area contributed by atoms with Crippen molar-refractivity contribution in [3.8, 4) is 0 Å². The third-order valence-corrected chi connectivity index (χ3v) is 6.25. The number of phosphoric ester groups is 1. The number of rotatable bonds is 21. The van der Waals surface area contributed by atoms with E-state index in [4.69, 9.17) is 0 Å². The van der Waals surface area contributed by atoms with Gasteiger partial charge < -0.3 is 24.2 Å². The normalized spacial score (nSPS) is 12.8. The number of carbonyl (C=O) groups is 1. The Labute approximate surface area is 206 Å². The highest BCUT2D eigenvalue weighted by molar-refractivity contribution is 7.43. The van der Waals surface area contributed by atoms with E-state index in [1.807, 2.05) is 30.3 Å². The van der Waals surface area contributed by atoms with Crippen molar-refractivity contribution in [2.24, 2.45) is 0 Å². The Hall–Kier alpha value is -1.46. The van der Waals surface area contributed by atoms with Gasteiger partial charge in [-0.1, -0.05) is 101 Å². The summed E-state index contributed by atoms with van der Waals surface area (Å²) >= 11 is 0. The quantitative estimate of drug-likeness (QED) is 0.136. The number of allylic oxidation sites excluding steroid dienone is 2. The zero-order valence-electron chi connectivity index (χ0n) is 20.9. The van der Waals surface area contributed by atoms with Gasteiger partial charge in [0.2, 0.25) is 5.91 Å². The van der Waals surface area contributed by atoms with Crippen LogP contribution in [-0.4, -0.2) is 18.6 Å². The van der Waals surface area contributed by atoms with Gasteiger partial charge in [0.1, 0.15) is 0 Å². The Morgan fingerprint density at radius 3 is 2.06 bits per heavy atom. The molecule has 1 atom stereocenters. The number of unbranched alkanes of at least 4 members (excludes halogenated alkanes) is 11. The molecule has 7 heteroatoms. The van der Waals surface area contributed by atoms with Crippen LogP contribution in [0.1, 0.15) is 102 Å². The lowest BCUT2D eigenvalue weighted by atomic mass is 10.1. The molecule has 34 heavy (non-hydrogen) atoms. The number of hydrogen-bond acceptors (Lipinski definition) is 5. The average molecular weight is 494 g/mol. The molecule has 0 spiro atoms. The summed E-state index contributed by atoms with van der Waals surface area (Å²) in [5, 5.41) is 2.82. The summed E-state index contributed by atoms with van der Waals surface area (Å²) in [7, 11) is -5.08. The largest absolute Gasteiger partial charge is 0.790 e. The Bertz CT molecular complexity index is 704. The minimum absolute atomic E-state index is 0.145. The zero-order valence-corrected chi connectivity index (χ0v) is 21.8. The third-order valence-electron chi connectivity index (χ3n) is 5.79. The summed E-state index contributed by atoms with van der Waals surface area (Å²) in [6, 6.07) is 8.82. The number of nitrogens with one attached hydrogen (secondary N) is 1. The molecule has 1 aromatic carbocycles. The molecule has 1 N–H and O–H groups in total. The molecule has 1 amide bonds. The highest BCUT2D eigenvalue weighted by atomic mass is 31.2. The van der Waals surface area contributed by atoms with Crippen LogP contribution in [-0.2, 0) is 20.3 Å². The van der Waals surface area contributed by atoms with Crippen molar-refractivity contribution in [2.75, 3.05) is 6.61 Å². The fraction of sp³-hybridized carbons (Fsp3) is 0.667. The molecule has 0 aromatic heterocycles. The van der Waals surface area contributed by atoms with E-state index in [0.29, 0.717) is 12.8 Å². The van der Waals surface area contributed by atoms with E-state index in [-0.39, 0.29) is 12.5 Å². The SMILES string of the molecule is CCCCCCCC/C=C\CCCCCCCC(=O)N[C@@H](COP(=O)([O-])[O-])Cc1ccccc1. The number of benzene rings is 1. The van der Waals surface area contributed by atoms with E-state index in [2.05, 4.69) is 28.9 Å². The molecule has 1 aromatic rings. The highest BCUT2D eigenvalue weighted by Crippen LogP contribution is 2.25. The van der Waals surface area contributed by atoms with Gasteiger partial charge in [0, 0.05) is 6.42 Å². The van der Waals surface area contributed by atoms with Crippen LogP contribution in [0.2, 0.25) is 0 Å². The summed E-state index contributed by atoms with van der Waals surface area (Å²) in [6.07, 6.45) is 21.0. The van der Waals surface area contributed by atoms with Crippen molar-refractivity contribution in [1.29, 1.82) is 0 Å². The topological polar surface area (TPSA) is 102 Å². The summed E-state index contributed by atoms with van der Waals surface area (Å²) < 4.78 is 15.3. The van der Waals surface area contributed by atoms with Crippen LogP contribution in [0.4, 0.5) is 0 Å². The lowest BCUT2D eigenvalue weighted by Crippen LogP contribution is -2.40. The van der Waals surface area contributed by atoms with Gasteiger partial charge in [0.05, 0.1) is 20.5 Å². The van der Waals surface area contributed by atoms with E-state index in [1.54, 1.807) is 0 Å². The molecule has 0 radical (unpaired) electrons. The second-order valence-corrected chi connectivity index (χ2v) is 10.2. The van der Waals surface area contributed by atoms with Gasteiger partial charge in [-0.25, -0.2) is 0 Å². The minimum Gasteiger partial charge on any atom is -0.790 e. The Balaban J connectivity index is 2.11. The molecule has 6 nitrogen and oxygen atoms in total. The van der Waals surface area contributed by atoms with Crippen LogP contribution in [0.15, 0.2) is 42.5 Å². The van der Waals surface area contributed by atoms with Gasteiger partial charge in [-0.05, 0) is 44.1 Å². The van der Waals surface area contributed by atoms with Crippen LogP contribution in [0.25, 0.3) is 0 Å². The molecule has 0 heterocycles. The van der Waals surface area contributed by atoms with Gasteiger partial charge in [0.25, 0.3) is 0 Å². The van der Waals surface area contributed by atoms with Crippen molar-refractivity contribution in [1.82, 2.24) is 5.32 Å². The van der Waals surface area contributed by atoms with Crippen molar-refractivity contribution in [3.63, 3.8) is 0 Å². The predicted molar refractivity (Wildman–Crippen MR) is 135 cm³/mol. The van der Waals surface area contributed by atoms with Gasteiger partial charge >= 0.3 is 0 Å². The molecule has 0 fully saturated rings. The summed E-state index contributed by atoms with van der Waals surface area (Å²) in [4.78, 5) is 34.0. The number of amides is 1. The first-order chi connectivity index (χ1) is 16.4. The Morgan fingerprint density at radius 2 is 1.47 bits per heavy atom. The predicted octanol–water partition coefficient (Wildman–Crippen LogP) is 5.60. The van der Waals surface area contributed by atoms with Crippen LogP contribution >= 0.6 is 7.82 Å². The molecule has 0 bridgehead atoms. The maximum absolute atomic E-state index is 12.3. The minimum atomic E-state index is -5.08. The lowest BCUT2D eigenvalue weighted by molar-refractivity contribution is -0.342. The van der Waals surface area contributed by atoms with Crippen molar-refractivity contribution in [2.45, 2.75) is 109 Å². The lowest BCUT2D eigenvalue weighted by Gasteiger charge is -2.31. The van der Waals surface area contributed by atoms with Crippen LogP contribution < -0.4 is 15.1 Å². The molecule has 0 aliphatic carbocycles.